The van der Waals surface area contributed by atoms with E-state index in [1.165, 1.54) is 4.90 Å². The van der Waals surface area contributed by atoms with Gasteiger partial charge in [-0.1, -0.05) is 6.92 Å². The van der Waals surface area contributed by atoms with Crippen molar-refractivity contribution in [1.29, 1.82) is 0 Å². The third-order valence-electron chi connectivity index (χ3n) is 7.66. The summed E-state index contributed by atoms with van der Waals surface area (Å²) >= 11 is 0. The van der Waals surface area contributed by atoms with Gasteiger partial charge in [0.25, 0.3) is 0 Å². The highest BCUT2D eigenvalue weighted by Gasteiger charge is 2.32. The zero-order valence-corrected chi connectivity index (χ0v) is 26.2. The number of carbonyl (C=O) groups excluding carboxylic acids is 3. The molecule has 0 spiro atoms. The van der Waals surface area contributed by atoms with E-state index in [4.69, 9.17) is 14.2 Å². The summed E-state index contributed by atoms with van der Waals surface area (Å²) in [5, 5.41) is 18.4. The van der Waals surface area contributed by atoms with Crippen LogP contribution in [0.5, 0.6) is 17.2 Å². The summed E-state index contributed by atoms with van der Waals surface area (Å²) in [6.45, 7) is 4.09. The van der Waals surface area contributed by atoms with Crippen LogP contribution in [0.1, 0.15) is 19.4 Å². The number of hydrogen-bond donors (Lipinski definition) is 4. The van der Waals surface area contributed by atoms with E-state index in [-0.39, 0.29) is 37.4 Å². The standard InChI is InChI=1S/C33H41N5O7/c1-21-18-38(22(2)20-39)31(40)17-23-16-26(35-32(41)34-24-6-11-27(43-4)12-7-24)10-15-29(23)45-30(21)19-37(3)33(42)36-25-8-13-28(44-5)14-9-25/h6-16,21-22,30,39H,17-20H2,1-5H3,(H,36,42)(H2,34,35,41)/t21-,22+,30-/m0/s1. The van der Waals surface area contributed by atoms with Gasteiger partial charge in [0.15, 0.2) is 0 Å². The molecule has 12 nitrogen and oxygen atoms in total. The molecule has 0 aromatic heterocycles. The number of nitrogens with zero attached hydrogens (tertiary/aromatic N) is 2. The van der Waals surface area contributed by atoms with Crippen molar-refractivity contribution in [1.82, 2.24) is 9.80 Å². The van der Waals surface area contributed by atoms with Crippen LogP contribution >= 0.6 is 0 Å². The minimum Gasteiger partial charge on any atom is -0.497 e. The van der Waals surface area contributed by atoms with Gasteiger partial charge in [0, 0.05) is 42.1 Å². The van der Waals surface area contributed by atoms with Crippen LogP contribution in [0.4, 0.5) is 26.7 Å². The van der Waals surface area contributed by atoms with E-state index in [2.05, 4.69) is 16.0 Å². The minimum absolute atomic E-state index is 0.00251. The summed E-state index contributed by atoms with van der Waals surface area (Å²) < 4.78 is 16.8. The summed E-state index contributed by atoms with van der Waals surface area (Å²) in [5.41, 5.74) is 2.24. The largest absolute Gasteiger partial charge is 0.497 e. The molecule has 1 heterocycles. The zero-order valence-electron chi connectivity index (χ0n) is 26.2. The summed E-state index contributed by atoms with van der Waals surface area (Å²) in [6, 6.07) is 17.9. The maximum atomic E-state index is 13.5. The fraction of sp³-hybridized carbons (Fsp3) is 0.364. The van der Waals surface area contributed by atoms with Crippen molar-refractivity contribution < 1.29 is 33.7 Å². The van der Waals surface area contributed by atoms with Crippen molar-refractivity contribution in [3.63, 3.8) is 0 Å². The highest BCUT2D eigenvalue weighted by molar-refractivity contribution is 6.00. The van der Waals surface area contributed by atoms with Crippen LogP contribution in [0.2, 0.25) is 0 Å². The maximum absolute atomic E-state index is 13.5. The van der Waals surface area contributed by atoms with E-state index in [1.54, 1.807) is 99.8 Å². The SMILES string of the molecule is COc1ccc(NC(=O)Nc2ccc3c(c2)CC(=O)N([C@H](C)CO)C[C@H](C)[C@H](CN(C)C(=O)Nc2ccc(OC)cc2)O3)cc1. The normalized spacial score (nSPS) is 16.9. The van der Waals surface area contributed by atoms with Crippen LogP contribution in [0, 0.1) is 5.92 Å². The van der Waals surface area contributed by atoms with Crippen LogP contribution in [0.15, 0.2) is 66.7 Å². The minimum atomic E-state index is -0.494. The second-order valence-electron chi connectivity index (χ2n) is 11.1. The van der Waals surface area contributed by atoms with Gasteiger partial charge in [-0.05, 0) is 73.7 Å². The number of urea groups is 2. The van der Waals surface area contributed by atoms with Crippen molar-refractivity contribution in [3.8, 4) is 17.2 Å². The lowest BCUT2D eigenvalue weighted by Gasteiger charge is -2.34. The van der Waals surface area contributed by atoms with Crippen molar-refractivity contribution in [3.05, 3.63) is 72.3 Å². The molecule has 3 atom stereocenters. The number of amides is 5. The van der Waals surface area contributed by atoms with E-state index >= 15 is 0 Å². The second kappa shape index (κ2) is 15.2. The van der Waals surface area contributed by atoms with Gasteiger partial charge in [0.2, 0.25) is 5.91 Å². The lowest BCUT2D eigenvalue weighted by Crippen LogP contribution is -2.48. The molecule has 45 heavy (non-hydrogen) atoms. The average Bonchev–Trinajstić information content (AvgIpc) is 3.08. The van der Waals surface area contributed by atoms with E-state index in [1.807, 2.05) is 6.92 Å². The Morgan fingerprint density at radius 1 is 0.956 bits per heavy atom. The monoisotopic (exact) mass is 619 g/mol. The number of rotatable bonds is 9. The Morgan fingerprint density at radius 3 is 2.09 bits per heavy atom. The molecule has 0 fully saturated rings. The molecule has 3 aromatic carbocycles. The van der Waals surface area contributed by atoms with Crippen molar-refractivity contribution >= 4 is 35.0 Å². The number of likely N-dealkylation sites (N-methyl/N-ethyl adjacent to an activating group) is 1. The molecule has 1 aliphatic heterocycles. The second-order valence-corrected chi connectivity index (χ2v) is 11.1. The van der Waals surface area contributed by atoms with Crippen LogP contribution < -0.4 is 30.2 Å². The Hall–Kier alpha value is -4.97. The lowest BCUT2D eigenvalue weighted by atomic mass is 10.0. The molecule has 4 N–H and O–H groups in total. The van der Waals surface area contributed by atoms with Gasteiger partial charge >= 0.3 is 12.1 Å². The number of carbonyl (C=O) groups is 3. The fourth-order valence-corrected chi connectivity index (χ4v) is 4.94. The number of methoxy groups -OCH3 is 2. The van der Waals surface area contributed by atoms with Crippen LogP contribution in [0.3, 0.4) is 0 Å². The highest BCUT2D eigenvalue weighted by atomic mass is 16.5. The third kappa shape index (κ3) is 8.79. The number of hydrogen-bond acceptors (Lipinski definition) is 7. The van der Waals surface area contributed by atoms with Gasteiger partial charge in [0.05, 0.1) is 39.8 Å². The first-order valence-electron chi connectivity index (χ1n) is 14.7. The van der Waals surface area contributed by atoms with Gasteiger partial charge in [-0.15, -0.1) is 0 Å². The van der Waals surface area contributed by atoms with Crippen LogP contribution in [-0.4, -0.2) is 86.0 Å². The smallest absolute Gasteiger partial charge is 0.323 e. The van der Waals surface area contributed by atoms with Crippen molar-refractivity contribution in [2.24, 2.45) is 5.92 Å². The van der Waals surface area contributed by atoms with Crippen LogP contribution in [0.25, 0.3) is 0 Å². The summed E-state index contributed by atoms with van der Waals surface area (Å²) in [4.78, 5) is 42.5. The Balaban J connectivity index is 1.53. The fourth-order valence-electron chi connectivity index (χ4n) is 4.94. The Kier molecular flexibility index (Phi) is 11.1. The van der Waals surface area contributed by atoms with E-state index in [0.29, 0.717) is 46.4 Å². The Labute approximate surface area is 263 Å². The molecule has 1 aliphatic rings. The summed E-state index contributed by atoms with van der Waals surface area (Å²) in [5.74, 6) is 1.45. The first-order chi connectivity index (χ1) is 21.6. The first-order valence-corrected chi connectivity index (χ1v) is 14.7. The quantitative estimate of drug-likeness (QED) is 0.273. The van der Waals surface area contributed by atoms with Crippen molar-refractivity contribution in [2.45, 2.75) is 32.4 Å². The molecule has 3 aromatic rings. The molecule has 0 bridgehead atoms. The van der Waals surface area contributed by atoms with Gasteiger partial charge in [0.1, 0.15) is 23.4 Å². The van der Waals surface area contributed by atoms with Gasteiger partial charge < -0.3 is 45.1 Å². The van der Waals surface area contributed by atoms with E-state index < -0.39 is 18.2 Å². The number of fused-ring (bicyclic) bond motifs is 1. The summed E-state index contributed by atoms with van der Waals surface area (Å²) in [7, 11) is 4.82. The molecule has 0 aliphatic carbocycles. The molecular weight excluding hydrogens is 578 g/mol. The van der Waals surface area contributed by atoms with Gasteiger partial charge in [-0.25, -0.2) is 9.59 Å². The molecule has 4 rings (SSSR count). The predicted molar refractivity (Wildman–Crippen MR) is 172 cm³/mol. The molecule has 0 saturated carbocycles. The van der Waals surface area contributed by atoms with Crippen LogP contribution in [-0.2, 0) is 11.2 Å². The van der Waals surface area contributed by atoms with Crippen molar-refractivity contribution in [2.75, 3.05) is 56.9 Å². The van der Waals surface area contributed by atoms with E-state index in [9.17, 15) is 19.5 Å². The maximum Gasteiger partial charge on any atom is 0.323 e. The lowest BCUT2D eigenvalue weighted by molar-refractivity contribution is -0.134. The highest BCUT2D eigenvalue weighted by Crippen LogP contribution is 2.29. The molecule has 0 radical (unpaired) electrons. The number of anilines is 3. The average molecular weight is 620 g/mol. The number of benzene rings is 3. The molecule has 5 amide bonds. The van der Waals surface area contributed by atoms with Gasteiger partial charge in [-0.2, -0.15) is 0 Å². The van der Waals surface area contributed by atoms with E-state index in [0.717, 1.165) is 0 Å². The Bertz CT molecular complexity index is 1470. The van der Waals surface area contributed by atoms with Gasteiger partial charge in [-0.3, -0.25) is 4.79 Å². The zero-order chi connectivity index (χ0) is 32.5. The Morgan fingerprint density at radius 2 is 1.51 bits per heavy atom. The molecular formula is C33H41N5O7. The third-order valence-corrected chi connectivity index (χ3v) is 7.66. The molecule has 0 unspecified atom stereocenters. The number of aliphatic hydroxyl groups is 1. The first kappa shape index (κ1) is 32.9. The molecule has 0 saturated heterocycles. The number of aliphatic hydroxyl groups excluding tert-OH is 1. The topological polar surface area (TPSA) is 142 Å². The number of nitrogens with one attached hydrogen (secondary N) is 3. The molecule has 12 heteroatoms. The number of ether oxygens (including phenoxy) is 3. The molecule has 240 valence electrons. The predicted octanol–water partition coefficient (Wildman–Crippen LogP) is 4.66. The summed E-state index contributed by atoms with van der Waals surface area (Å²) in [6.07, 6.45) is -0.491.